The van der Waals surface area contributed by atoms with Crippen molar-refractivity contribution in [2.24, 2.45) is 0 Å². The van der Waals surface area contributed by atoms with Crippen LogP contribution in [0.5, 0.6) is 11.5 Å². The predicted octanol–water partition coefficient (Wildman–Crippen LogP) is 1.58. The molecule has 0 radical (unpaired) electrons. The van der Waals surface area contributed by atoms with Gasteiger partial charge in [0.25, 0.3) is 0 Å². The summed E-state index contributed by atoms with van der Waals surface area (Å²) in [5.74, 6) is 1.50. The minimum Gasteiger partial charge on any atom is -0.493 e. The number of ether oxygens (including phenoxy) is 3. The first-order valence-electron chi connectivity index (χ1n) is 6.88. The number of aliphatic hydroxyl groups excluding tert-OH is 1. The predicted molar refractivity (Wildman–Crippen MR) is 78.4 cm³/mol. The van der Waals surface area contributed by atoms with Crippen molar-refractivity contribution < 1.29 is 19.3 Å². The number of rotatable bonds is 10. The first-order valence-corrected chi connectivity index (χ1v) is 6.88. The topological polar surface area (TPSA) is 60.0 Å². The molecule has 2 N–H and O–H groups in total. The molecule has 114 valence electrons. The first-order chi connectivity index (χ1) is 9.71. The molecule has 0 fully saturated rings. The SMILES string of the molecule is CCOc1ccc(CNCCC(O)COC)cc1OC. The van der Waals surface area contributed by atoms with Gasteiger partial charge in [-0.3, -0.25) is 0 Å². The third-order valence-electron chi connectivity index (χ3n) is 2.87. The summed E-state index contributed by atoms with van der Waals surface area (Å²) >= 11 is 0. The van der Waals surface area contributed by atoms with Gasteiger partial charge < -0.3 is 24.6 Å². The lowest BCUT2D eigenvalue weighted by molar-refractivity contribution is 0.0594. The number of hydrogen-bond donors (Lipinski definition) is 2. The number of benzene rings is 1. The molecule has 1 atom stereocenters. The minimum atomic E-state index is -0.414. The number of methoxy groups -OCH3 is 2. The van der Waals surface area contributed by atoms with Gasteiger partial charge in [0.05, 0.1) is 26.4 Å². The Labute approximate surface area is 120 Å². The van der Waals surface area contributed by atoms with Crippen molar-refractivity contribution in [2.75, 3.05) is 34.0 Å². The summed E-state index contributed by atoms with van der Waals surface area (Å²) < 4.78 is 15.7. The maximum absolute atomic E-state index is 9.52. The van der Waals surface area contributed by atoms with Gasteiger partial charge in [0.2, 0.25) is 0 Å². The maximum Gasteiger partial charge on any atom is 0.161 e. The largest absolute Gasteiger partial charge is 0.493 e. The van der Waals surface area contributed by atoms with E-state index in [1.54, 1.807) is 14.2 Å². The quantitative estimate of drug-likeness (QED) is 0.638. The summed E-state index contributed by atoms with van der Waals surface area (Å²) in [4.78, 5) is 0. The monoisotopic (exact) mass is 283 g/mol. The van der Waals surface area contributed by atoms with E-state index in [-0.39, 0.29) is 0 Å². The van der Waals surface area contributed by atoms with Gasteiger partial charge in [0.15, 0.2) is 11.5 Å². The molecule has 0 spiro atoms. The van der Waals surface area contributed by atoms with Crippen LogP contribution in [0.1, 0.15) is 18.9 Å². The van der Waals surface area contributed by atoms with Crippen molar-refractivity contribution in [2.45, 2.75) is 26.0 Å². The molecule has 0 aliphatic carbocycles. The van der Waals surface area contributed by atoms with E-state index < -0.39 is 6.10 Å². The summed E-state index contributed by atoms with van der Waals surface area (Å²) in [7, 11) is 3.22. The van der Waals surface area contributed by atoms with E-state index in [1.807, 2.05) is 25.1 Å². The fourth-order valence-electron chi connectivity index (χ4n) is 1.87. The molecule has 20 heavy (non-hydrogen) atoms. The Morgan fingerprint density at radius 3 is 2.70 bits per heavy atom. The molecule has 1 aromatic carbocycles. The van der Waals surface area contributed by atoms with Crippen LogP contribution in [-0.2, 0) is 11.3 Å². The molecule has 0 aliphatic rings. The van der Waals surface area contributed by atoms with Crippen LogP contribution in [-0.4, -0.2) is 45.2 Å². The Morgan fingerprint density at radius 2 is 2.05 bits per heavy atom. The molecule has 0 bridgehead atoms. The average molecular weight is 283 g/mol. The number of aliphatic hydroxyl groups is 1. The smallest absolute Gasteiger partial charge is 0.161 e. The molecule has 5 heteroatoms. The minimum absolute atomic E-state index is 0.374. The molecule has 0 aromatic heterocycles. The molecule has 1 aromatic rings. The van der Waals surface area contributed by atoms with Gasteiger partial charge in [-0.25, -0.2) is 0 Å². The molecule has 0 heterocycles. The van der Waals surface area contributed by atoms with E-state index in [1.165, 1.54) is 0 Å². The molecule has 0 aliphatic heterocycles. The van der Waals surface area contributed by atoms with E-state index in [2.05, 4.69) is 5.32 Å². The van der Waals surface area contributed by atoms with Gasteiger partial charge >= 0.3 is 0 Å². The third kappa shape index (κ3) is 5.77. The average Bonchev–Trinajstić information content (AvgIpc) is 2.45. The van der Waals surface area contributed by atoms with E-state index >= 15 is 0 Å². The molecule has 1 rings (SSSR count). The second kappa shape index (κ2) is 9.58. The molecule has 5 nitrogen and oxygen atoms in total. The van der Waals surface area contributed by atoms with Gasteiger partial charge in [0, 0.05) is 13.7 Å². The fraction of sp³-hybridized carbons (Fsp3) is 0.600. The highest BCUT2D eigenvalue weighted by Gasteiger charge is 2.06. The van der Waals surface area contributed by atoms with E-state index in [4.69, 9.17) is 14.2 Å². The van der Waals surface area contributed by atoms with E-state index in [9.17, 15) is 5.11 Å². The zero-order valence-corrected chi connectivity index (χ0v) is 12.5. The maximum atomic E-state index is 9.52. The van der Waals surface area contributed by atoms with Crippen molar-refractivity contribution in [1.82, 2.24) is 5.32 Å². The summed E-state index contributed by atoms with van der Waals surface area (Å²) in [6.07, 6.45) is 0.254. The zero-order valence-electron chi connectivity index (χ0n) is 12.5. The summed E-state index contributed by atoms with van der Waals surface area (Å²) in [5, 5.41) is 12.8. The second-order valence-corrected chi connectivity index (χ2v) is 4.49. The standard InChI is InChI=1S/C15H25NO4/c1-4-20-14-6-5-12(9-15(14)19-3)10-16-8-7-13(17)11-18-2/h5-6,9,13,16-17H,4,7-8,10-11H2,1-3H3. The van der Waals surface area contributed by atoms with Gasteiger partial charge in [-0.05, 0) is 37.6 Å². The van der Waals surface area contributed by atoms with Crippen molar-refractivity contribution in [3.05, 3.63) is 23.8 Å². The number of nitrogens with one attached hydrogen (secondary N) is 1. The summed E-state index contributed by atoms with van der Waals surface area (Å²) in [5.41, 5.74) is 1.12. The van der Waals surface area contributed by atoms with Crippen LogP contribution in [0.15, 0.2) is 18.2 Å². The van der Waals surface area contributed by atoms with Gasteiger partial charge in [-0.1, -0.05) is 6.07 Å². The van der Waals surface area contributed by atoms with Crippen LogP contribution in [0.4, 0.5) is 0 Å². The molecular weight excluding hydrogens is 258 g/mol. The van der Waals surface area contributed by atoms with Crippen LogP contribution in [0.2, 0.25) is 0 Å². The molecular formula is C15H25NO4. The number of hydrogen-bond acceptors (Lipinski definition) is 5. The normalized spacial score (nSPS) is 12.2. The van der Waals surface area contributed by atoms with E-state index in [0.717, 1.165) is 30.2 Å². The Bertz CT molecular complexity index is 384. The zero-order chi connectivity index (χ0) is 14.8. The highest BCUT2D eigenvalue weighted by Crippen LogP contribution is 2.27. The van der Waals surface area contributed by atoms with Crippen LogP contribution in [0.3, 0.4) is 0 Å². The van der Waals surface area contributed by atoms with Crippen molar-refractivity contribution in [3.8, 4) is 11.5 Å². The van der Waals surface area contributed by atoms with Crippen LogP contribution in [0.25, 0.3) is 0 Å². The second-order valence-electron chi connectivity index (χ2n) is 4.49. The van der Waals surface area contributed by atoms with Crippen molar-refractivity contribution in [3.63, 3.8) is 0 Å². The molecule has 0 saturated carbocycles. The highest BCUT2D eigenvalue weighted by molar-refractivity contribution is 5.42. The summed E-state index contributed by atoms with van der Waals surface area (Å²) in [6, 6.07) is 5.88. The summed E-state index contributed by atoms with van der Waals surface area (Å²) in [6.45, 7) is 4.40. The Balaban J connectivity index is 2.40. The third-order valence-corrected chi connectivity index (χ3v) is 2.87. The van der Waals surface area contributed by atoms with Crippen LogP contribution in [0, 0.1) is 0 Å². The Kier molecular flexibility index (Phi) is 8.02. The Hall–Kier alpha value is -1.30. The lowest BCUT2D eigenvalue weighted by atomic mass is 10.2. The van der Waals surface area contributed by atoms with Gasteiger partial charge in [0.1, 0.15) is 0 Å². The lowest BCUT2D eigenvalue weighted by Crippen LogP contribution is -2.23. The van der Waals surface area contributed by atoms with E-state index in [0.29, 0.717) is 19.6 Å². The molecule has 1 unspecified atom stereocenters. The molecule has 0 amide bonds. The Morgan fingerprint density at radius 1 is 1.25 bits per heavy atom. The fourth-order valence-corrected chi connectivity index (χ4v) is 1.87. The molecule has 0 saturated heterocycles. The highest BCUT2D eigenvalue weighted by atomic mass is 16.5. The van der Waals surface area contributed by atoms with Crippen molar-refractivity contribution >= 4 is 0 Å². The van der Waals surface area contributed by atoms with Gasteiger partial charge in [-0.15, -0.1) is 0 Å². The lowest BCUT2D eigenvalue weighted by Gasteiger charge is -2.12. The first kappa shape index (κ1) is 16.8. The van der Waals surface area contributed by atoms with Crippen LogP contribution >= 0.6 is 0 Å². The van der Waals surface area contributed by atoms with Crippen molar-refractivity contribution in [1.29, 1.82) is 0 Å². The van der Waals surface area contributed by atoms with Crippen LogP contribution < -0.4 is 14.8 Å². The van der Waals surface area contributed by atoms with Gasteiger partial charge in [-0.2, -0.15) is 0 Å².